The van der Waals surface area contributed by atoms with Crippen LogP contribution in [0.3, 0.4) is 0 Å². The van der Waals surface area contributed by atoms with Crippen molar-refractivity contribution in [3.05, 3.63) is 10.6 Å². The topological polar surface area (TPSA) is 57.1 Å². The number of aromatic amines is 1. The van der Waals surface area contributed by atoms with Gasteiger partial charge in [-0.1, -0.05) is 0 Å². The van der Waals surface area contributed by atoms with Gasteiger partial charge in [0.15, 0.2) is 5.82 Å². The molecule has 6 heteroatoms. The van der Waals surface area contributed by atoms with E-state index >= 15 is 0 Å². The zero-order chi connectivity index (χ0) is 8.43. The molecule has 0 saturated heterocycles. The quantitative estimate of drug-likeness (QED) is 0.601. The first-order valence-corrected chi connectivity index (χ1v) is 3.52. The standard InChI is InChI=1S/C5H10N4OS/c1-8(2)9-4(3-10)6-7-5(9)11/h10H,3H2,1-2H3,(H,7,11). The molecule has 0 spiro atoms. The van der Waals surface area contributed by atoms with Gasteiger partial charge in [0.05, 0.1) is 0 Å². The van der Waals surface area contributed by atoms with Gasteiger partial charge in [0, 0.05) is 14.1 Å². The molecule has 0 unspecified atom stereocenters. The summed E-state index contributed by atoms with van der Waals surface area (Å²) in [5, 5.41) is 16.9. The highest BCUT2D eigenvalue weighted by molar-refractivity contribution is 7.71. The van der Waals surface area contributed by atoms with Crippen molar-refractivity contribution in [2.75, 3.05) is 19.1 Å². The molecule has 1 heterocycles. The summed E-state index contributed by atoms with van der Waals surface area (Å²) in [4.78, 5) is 0. The number of hydrogen-bond donors (Lipinski definition) is 2. The lowest BCUT2D eigenvalue weighted by atomic mass is 10.7. The zero-order valence-electron chi connectivity index (χ0n) is 6.40. The molecular weight excluding hydrogens is 164 g/mol. The van der Waals surface area contributed by atoms with Gasteiger partial charge in [-0.25, -0.2) is 4.68 Å². The molecule has 1 aromatic heterocycles. The van der Waals surface area contributed by atoms with Crippen molar-refractivity contribution in [3.8, 4) is 0 Å². The predicted molar refractivity (Wildman–Crippen MR) is 43.4 cm³/mol. The van der Waals surface area contributed by atoms with E-state index in [1.165, 1.54) is 0 Å². The van der Waals surface area contributed by atoms with Crippen molar-refractivity contribution in [3.63, 3.8) is 0 Å². The number of nitrogens with one attached hydrogen (secondary N) is 1. The van der Waals surface area contributed by atoms with Crippen molar-refractivity contribution in [1.29, 1.82) is 0 Å². The van der Waals surface area contributed by atoms with Gasteiger partial charge < -0.3 is 10.1 Å². The predicted octanol–water partition coefficient (Wildman–Crippen LogP) is -0.369. The van der Waals surface area contributed by atoms with Gasteiger partial charge in [-0.05, 0) is 12.2 Å². The molecule has 62 valence electrons. The molecule has 2 N–H and O–H groups in total. The van der Waals surface area contributed by atoms with Crippen LogP contribution in [0.1, 0.15) is 5.82 Å². The maximum Gasteiger partial charge on any atom is 0.214 e. The normalized spacial score (nSPS) is 10.1. The van der Waals surface area contributed by atoms with E-state index in [0.29, 0.717) is 10.6 Å². The SMILES string of the molecule is CN(C)n1c(CO)n[nH]c1=S. The third-order valence-electron chi connectivity index (χ3n) is 1.26. The van der Waals surface area contributed by atoms with Gasteiger partial charge in [0.2, 0.25) is 4.77 Å². The molecule has 0 atom stereocenters. The Balaban J connectivity index is 3.18. The average Bonchev–Trinajstić information content (AvgIpc) is 2.30. The molecular formula is C5H10N4OS. The average molecular weight is 174 g/mol. The molecule has 0 fully saturated rings. The number of aliphatic hydroxyl groups is 1. The Morgan fingerprint density at radius 2 is 2.36 bits per heavy atom. The molecule has 0 aliphatic carbocycles. The van der Waals surface area contributed by atoms with Crippen molar-refractivity contribution >= 4 is 12.2 Å². The number of rotatable bonds is 2. The summed E-state index contributed by atoms with van der Waals surface area (Å²) in [5.74, 6) is 0.514. The molecule has 11 heavy (non-hydrogen) atoms. The molecule has 1 aromatic rings. The van der Waals surface area contributed by atoms with Crippen LogP contribution < -0.4 is 5.01 Å². The fraction of sp³-hybridized carbons (Fsp3) is 0.600. The summed E-state index contributed by atoms with van der Waals surface area (Å²) in [6.07, 6.45) is 0. The van der Waals surface area contributed by atoms with Crippen LogP contribution in [-0.2, 0) is 6.61 Å². The lowest BCUT2D eigenvalue weighted by molar-refractivity contribution is 0.265. The monoisotopic (exact) mass is 174 g/mol. The van der Waals surface area contributed by atoms with E-state index in [0.717, 1.165) is 0 Å². The largest absolute Gasteiger partial charge is 0.388 e. The van der Waals surface area contributed by atoms with Crippen molar-refractivity contribution in [2.45, 2.75) is 6.61 Å². The summed E-state index contributed by atoms with van der Waals surface area (Å²) in [7, 11) is 3.65. The van der Waals surface area contributed by atoms with Crippen LogP contribution in [0, 0.1) is 4.77 Å². The highest BCUT2D eigenvalue weighted by Gasteiger charge is 2.04. The molecule has 0 radical (unpaired) electrons. The van der Waals surface area contributed by atoms with Crippen LogP contribution in [0.4, 0.5) is 0 Å². The van der Waals surface area contributed by atoms with Crippen LogP contribution in [0.25, 0.3) is 0 Å². The van der Waals surface area contributed by atoms with E-state index in [1.807, 2.05) is 14.1 Å². The Kier molecular flexibility index (Phi) is 2.25. The van der Waals surface area contributed by atoms with E-state index in [2.05, 4.69) is 10.2 Å². The third kappa shape index (κ3) is 1.41. The van der Waals surface area contributed by atoms with E-state index in [1.54, 1.807) is 9.69 Å². The number of hydrogen-bond acceptors (Lipinski definition) is 4. The van der Waals surface area contributed by atoms with Crippen LogP contribution >= 0.6 is 12.2 Å². The number of aliphatic hydroxyl groups excluding tert-OH is 1. The molecule has 0 aliphatic heterocycles. The van der Waals surface area contributed by atoms with Crippen LogP contribution in [-0.4, -0.2) is 34.1 Å². The lowest BCUT2D eigenvalue weighted by Crippen LogP contribution is -2.27. The van der Waals surface area contributed by atoms with E-state index in [-0.39, 0.29) is 6.61 Å². The molecule has 0 bridgehead atoms. The molecule has 5 nitrogen and oxygen atoms in total. The fourth-order valence-electron chi connectivity index (χ4n) is 0.839. The Hall–Kier alpha value is -0.880. The Morgan fingerprint density at radius 1 is 1.73 bits per heavy atom. The van der Waals surface area contributed by atoms with Crippen LogP contribution in [0.5, 0.6) is 0 Å². The van der Waals surface area contributed by atoms with Crippen LogP contribution in [0.15, 0.2) is 0 Å². The highest BCUT2D eigenvalue weighted by atomic mass is 32.1. The lowest BCUT2D eigenvalue weighted by Gasteiger charge is -2.14. The highest BCUT2D eigenvalue weighted by Crippen LogP contribution is 1.95. The van der Waals surface area contributed by atoms with Crippen LogP contribution in [0.2, 0.25) is 0 Å². The van der Waals surface area contributed by atoms with Crippen molar-refractivity contribution < 1.29 is 5.11 Å². The zero-order valence-corrected chi connectivity index (χ0v) is 7.22. The Bertz CT molecular complexity index is 289. The molecule has 0 amide bonds. The summed E-state index contributed by atoms with van der Waals surface area (Å²) < 4.78 is 2.11. The van der Waals surface area contributed by atoms with Crippen molar-refractivity contribution in [2.24, 2.45) is 0 Å². The van der Waals surface area contributed by atoms with Gasteiger partial charge in [-0.2, -0.15) is 5.10 Å². The Labute approximate surface area is 69.2 Å². The first-order chi connectivity index (χ1) is 5.16. The van der Waals surface area contributed by atoms with Gasteiger partial charge in [-0.3, -0.25) is 5.10 Å². The Morgan fingerprint density at radius 3 is 2.73 bits per heavy atom. The van der Waals surface area contributed by atoms with Gasteiger partial charge in [0.1, 0.15) is 6.61 Å². The minimum atomic E-state index is -0.120. The molecule has 0 aliphatic rings. The minimum absolute atomic E-state index is 0.120. The van der Waals surface area contributed by atoms with Gasteiger partial charge in [-0.15, -0.1) is 0 Å². The molecule has 1 rings (SSSR count). The van der Waals surface area contributed by atoms with Crippen molar-refractivity contribution in [1.82, 2.24) is 14.9 Å². The number of nitrogens with zero attached hydrogens (tertiary/aromatic N) is 3. The van der Waals surface area contributed by atoms with E-state index in [4.69, 9.17) is 17.3 Å². The van der Waals surface area contributed by atoms with E-state index in [9.17, 15) is 0 Å². The second-order valence-corrected chi connectivity index (χ2v) is 2.65. The summed E-state index contributed by atoms with van der Waals surface area (Å²) in [6, 6.07) is 0. The minimum Gasteiger partial charge on any atom is -0.388 e. The maximum absolute atomic E-state index is 8.80. The summed E-state index contributed by atoms with van der Waals surface area (Å²) in [5.41, 5.74) is 0. The number of H-pyrrole nitrogens is 1. The maximum atomic E-state index is 8.80. The van der Waals surface area contributed by atoms with Gasteiger partial charge >= 0.3 is 0 Å². The summed E-state index contributed by atoms with van der Waals surface area (Å²) >= 11 is 4.91. The fourth-order valence-corrected chi connectivity index (χ4v) is 1.15. The second-order valence-electron chi connectivity index (χ2n) is 2.26. The smallest absolute Gasteiger partial charge is 0.214 e. The molecule has 0 aromatic carbocycles. The van der Waals surface area contributed by atoms with E-state index < -0.39 is 0 Å². The summed E-state index contributed by atoms with van der Waals surface area (Å²) in [6.45, 7) is -0.120. The van der Waals surface area contributed by atoms with Gasteiger partial charge in [0.25, 0.3) is 0 Å². The first kappa shape index (κ1) is 8.22. The third-order valence-corrected chi connectivity index (χ3v) is 1.52. The second kappa shape index (κ2) is 3.02. The molecule has 0 saturated carbocycles. The first-order valence-electron chi connectivity index (χ1n) is 3.11. The number of aromatic nitrogens is 3.